The molecule has 2 heterocycles. The molecule has 0 amide bonds. The van der Waals surface area contributed by atoms with Crippen LogP contribution in [0.25, 0.3) is 0 Å². The van der Waals surface area contributed by atoms with Gasteiger partial charge in [0, 0.05) is 25.2 Å². The quantitative estimate of drug-likeness (QED) is 0.771. The van der Waals surface area contributed by atoms with Gasteiger partial charge in [-0.3, -0.25) is 4.79 Å². The molecule has 0 fully saturated rings. The summed E-state index contributed by atoms with van der Waals surface area (Å²) in [6.45, 7) is 2.07. The number of Topliss-reactive ketones (excluding diaryl/α,β-unsaturated/α-hetero) is 1. The summed E-state index contributed by atoms with van der Waals surface area (Å²) in [5, 5.41) is 1.96. The molecule has 0 aliphatic carbocycles. The molecule has 3 rings (SSSR count). The predicted molar refractivity (Wildman–Crippen MR) is 80.2 cm³/mol. The number of carbonyl (C=O) groups is 1. The first-order valence-electron chi connectivity index (χ1n) is 6.74. The number of hydrogen-bond donors (Lipinski definition) is 0. The molecule has 0 saturated carbocycles. The van der Waals surface area contributed by atoms with E-state index in [1.165, 1.54) is 22.6 Å². The number of fused-ring (bicyclic) bond motifs is 1. The highest BCUT2D eigenvalue weighted by Gasteiger charge is 2.18. The number of carbonyl (C=O) groups excluding carboxylic acids is 1. The van der Waals surface area contributed by atoms with Crippen molar-refractivity contribution in [2.75, 3.05) is 18.0 Å². The van der Waals surface area contributed by atoms with Crippen molar-refractivity contribution in [3.63, 3.8) is 0 Å². The molecule has 0 bridgehead atoms. The number of nitrogens with zero attached hydrogens (tertiary/aromatic N) is 1. The Bertz CT molecular complexity index is 562. The molecule has 3 heteroatoms. The molecule has 98 valence electrons. The van der Waals surface area contributed by atoms with Gasteiger partial charge in [-0.1, -0.05) is 24.3 Å². The third kappa shape index (κ3) is 2.71. The lowest BCUT2D eigenvalue weighted by atomic mass is 10.1. The molecule has 19 heavy (non-hydrogen) atoms. The van der Waals surface area contributed by atoms with Crippen LogP contribution >= 0.6 is 11.3 Å². The van der Waals surface area contributed by atoms with E-state index in [2.05, 4.69) is 29.2 Å². The molecule has 2 nitrogen and oxygen atoms in total. The van der Waals surface area contributed by atoms with Gasteiger partial charge in [0.05, 0.1) is 4.88 Å². The number of hydrogen-bond acceptors (Lipinski definition) is 3. The maximum atomic E-state index is 11.9. The molecular weight excluding hydrogens is 254 g/mol. The van der Waals surface area contributed by atoms with Crippen LogP contribution < -0.4 is 4.90 Å². The smallest absolute Gasteiger partial charge is 0.172 e. The first kappa shape index (κ1) is 12.4. The van der Waals surface area contributed by atoms with Gasteiger partial charge in [0.25, 0.3) is 0 Å². The maximum Gasteiger partial charge on any atom is 0.172 e. The van der Waals surface area contributed by atoms with E-state index in [0.29, 0.717) is 6.42 Å². The lowest BCUT2D eigenvalue weighted by Gasteiger charge is -2.18. The SMILES string of the molecule is O=C(CCCN1CCc2ccccc21)c1cccs1. The fourth-order valence-corrected chi connectivity index (χ4v) is 3.32. The number of thiophene rings is 1. The zero-order valence-electron chi connectivity index (χ0n) is 10.8. The average molecular weight is 271 g/mol. The zero-order valence-corrected chi connectivity index (χ0v) is 11.7. The fraction of sp³-hybridized carbons (Fsp3) is 0.312. The van der Waals surface area contributed by atoms with Gasteiger partial charge in [0.2, 0.25) is 0 Å². The van der Waals surface area contributed by atoms with Crippen molar-refractivity contribution in [2.24, 2.45) is 0 Å². The third-order valence-electron chi connectivity index (χ3n) is 3.61. The van der Waals surface area contributed by atoms with E-state index in [4.69, 9.17) is 0 Å². The van der Waals surface area contributed by atoms with Crippen molar-refractivity contribution in [1.82, 2.24) is 0 Å². The Labute approximate surface area is 117 Å². The molecule has 1 aliphatic rings. The highest BCUT2D eigenvalue weighted by molar-refractivity contribution is 7.12. The Balaban J connectivity index is 1.53. The van der Waals surface area contributed by atoms with Gasteiger partial charge in [-0.25, -0.2) is 0 Å². The molecule has 1 aromatic heterocycles. The van der Waals surface area contributed by atoms with Crippen molar-refractivity contribution in [2.45, 2.75) is 19.3 Å². The molecule has 0 unspecified atom stereocenters. The van der Waals surface area contributed by atoms with Crippen LogP contribution in [0.3, 0.4) is 0 Å². The molecule has 0 saturated heterocycles. The molecule has 0 radical (unpaired) electrons. The van der Waals surface area contributed by atoms with Gasteiger partial charge >= 0.3 is 0 Å². The normalized spacial score (nSPS) is 13.6. The summed E-state index contributed by atoms with van der Waals surface area (Å²) >= 11 is 1.54. The summed E-state index contributed by atoms with van der Waals surface area (Å²) in [5.74, 6) is 0.280. The average Bonchev–Trinajstić information content (AvgIpc) is 3.08. The van der Waals surface area contributed by atoms with Crippen molar-refractivity contribution >= 4 is 22.8 Å². The highest BCUT2D eigenvalue weighted by Crippen LogP contribution is 2.27. The maximum absolute atomic E-state index is 11.9. The number of rotatable bonds is 5. The predicted octanol–water partition coefficient (Wildman–Crippen LogP) is 3.77. The van der Waals surface area contributed by atoms with Crippen LogP contribution in [0.1, 0.15) is 28.1 Å². The minimum absolute atomic E-state index is 0.280. The number of ketones is 1. The molecule has 0 N–H and O–H groups in total. The number of para-hydroxylation sites is 1. The highest BCUT2D eigenvalue weighted by atomic mass is 32.1. The van der Waals surface area contributed by atoms with Crippen molar-refractivity contribution in [3.8, 4) is 0 Å². The van der Waals surface area contributed by atoms with E-state index in [9.17, 15) is 4.79 Å². The Kier molecular flexibility index (Phi) is 3.65. The second kappa shape index (κ2) is 5.57. The van der Waals surface area contributed by atoms with Crippen LogP contribution in [0.4, 0.5) is 5.69 Å². The summed E-state index contributed by atoms with van der Waals surface area (Å²) in [6, 6.07) is 12.4. The first-order chi connectivity index (χ1) is 9.34. The minimum atomic E-state index is 0.280. The Morgan fingerprint density at radius 3 is 2.95 bits per heavy atom. The Hall–Kier alpha value is -1.61. The second-order valence-electron chi connectivity index (χ2n) is 4.87. The van der Waals surface area contributed by atoms with Gasteiger partial charge in [-0.05, 0) is 35.9 Å². The van der Waals surface area contributed by atoms with Gasteiger partial charge in [0.1, 0.15) is 0 Å². The summed E-state index contributed by atoms with van der Waals surface area (Å²) in [7, 11) is 0. The minimum Gasteiger partial charge on any atom is -0.371 e. The van der Waals surface area contributed by atoms with E-state index >= 15 is 0 Å². The molecule has 1 aliphatic heterocycles. The summed E-state index contributed by atoms with van der Waals surface area (Å²) in [6.07, 6.45) is 2.72. The summed E-state index contributed by atoms with van der Waals surface area (Å²) in [4.78, 5) is 15.2. The molecule has 0 spiro atoms. The molecule has 0 atom stereocenters. The molecule has 2 aromatic rings. The second-order valence-corrected chi connectivity index (χ2v) is 5.82. The van der Waals surface area contributed by atoms with Crippen LogP contribution in [0.2, 0.25) is 0 Å². The van der Waals surface area contributed by atoms with Crippen LogP contribution in [0, 0.1) is 0 Å². The van der Waals surface area contributed by atoms with E-state index < -0.39 is 0 Å². The van der Waals surface area contributed by atoms with E-state index in [1.54, 1.807) is 0 Å². The van der Waals surface area contributed by atoms with Crippen molar-refractivity contribution in [3.05, 3.63) is 52.2 Å². The standard InChI is InChI=1S/C16H17NOS/c18-15(16-8-4-12-19-16)7-3-10-17-11-9-13-5-1-2-6-14(13)17/h1-2,4-6,8,12H,3,7,9-11H2. The largest absolute Gasteiger partial charge is 0.371 e. The van der Waals surface area contributed by atoms with Gasteiger partial charge in [0.15, 0.2) is 5.78 Å². The number of benzene rings is 1. The lowest BCUT2D eigenvalue weighted by Crippen LogP contribution is -2.22. The third-order valence-corrected chi connectivity index (χ3v) is 4.52. The molecule has 1 aromatic carbocycles. The first-order valence-corrected chi connectivity index (χ1v) is 7.62. The van der Waals surface area contributed by atoms with Gasteiger partial charge in [-0.15, -0.1) is 11.3 Å². The topological polar surface area (TPSA) is 20.3 Å². The van der Waals surface area contributed by atoms with Crippen LogP contribution in [-0.2, 0) is 6.42 Å². The summed E-state index contributed by atoms with van der Waals surface area (Å²) in [5.41, 5.74) is 2.79. The zero-order chi connectivity index (χ0) is 13.1. The van der Waals surface area contributed by atoms with E-state index in [-0.39, 0.29) is 5.78 Å². The van der Waals surface area contributed by atoms with Crippen molar-refractivity contribution in [1.29, 1.82) is 0 Å². The van der Waals surface area contributed by atoms with Crippen LogP contribution in [-0.4, -0.2) is 18.9 Å². The fourth-order valence-electron chi connectivity index (χ4n) is 2.63. The van der Waals surface area contributed by atoms with Crippen LogP contribution in [0.15, 0.2) is 41.8 Å². The van der Waals surface area contributed by atoms with Gasteiger partial charge in [-0.2, -0.15) is 0 Å². The summed E-state index contributed by atoms with van der Waals surface area (Å²) < 4.78 is 0. The van der Waals surface area contributed by atoms with E-state index in [0.717, 1.165) is 30.8 Å². The lowest BCUT2D eigenvalue weighted by molar-refractivity contribution is 0.0984. The molecular formula is C16H17NOS. The monoisotopic (exact) mass is 271 g/mol. The van der Waals surface area contributed by atoms with Crippen LogP contribution in [0.5, 0.6) is 0 Å². The Morgan fingerprint density at radius 2 is 2.11 bits per heavy atom. The number of anilines is 1. The Morgan fingerprint density at radius 1 is 1.21 bits per heavy atom. The van der Waals surface area contributed by atoms with Gasteiger partial charge < -0.3 is 4.90 Å². The van der Waals surface area contributed by atoms with E-state index in [1.807, 2.05) is 17.5 Å². The van der Waals surface area contributed by atoms with Crippen molar-refractivity contribution < 1.29 is 4.79 Å².